The highest BCUT2D eigenvalue weighted by Crippen LogP contribution is 2.27. The standard InChI is InChI=1S/C22H27Cl2N3O4S/c1-15(2)25-22(29)16(3)26(13-17-9-11-18(23)12-10-17)21(28)14-27(32(4,30)31)20-8-6-5-7-19(20)24/h5-12,15-16H,13-14H2,1-4H3,(H,25,29). The van der Waals surface area contributed by atoms with Gasteiger partial charge in [0.2, 0.25) is 21.8 Å². The van der Waals surface area contributed by atoms with Crippen molar-refractivity contribution in [3.05, 3.63) is 64.1 Å². The molecule has 0 saturated heterocycles. The number of carbonyl (C=O) groups excluding carboxylic acids is 2. The van der Waals surface area contributed by atoms with Crippen molar-refractivity contribution in [2.24, 2.45) is 0 Å². The van der Waals surface area contributed by atoms with E-state index in [-0.39, 0.29) is 29.2 Å². The summed E-state index contributed by atoms with van der Waals surface area (Å²) in [5.41, 5.74) is 0.936. The molecule has 32 heavy (non-hydrogen) atoms. The average Bonchev–Trinajstić information content (AvgIpc) is 2.70. The molecule has 7 nitrogen and oxygen atoms in total. The summed E-state index contributed by atoms with van der Waals surface area (Å²) in [5.74, 6) is -0.886. The number of hydrogen-bond donors (Lipinski definition) is 1. The number of carbonyl (C=O) groups is 2. The molecule has 10 heteroatoms. The molecular weight excluding hydrogens is 473 g/mol. The minimum Gasteiger partial charge on any atom is -0.352 e. The van der Waals surface area contributed by atoms with Gasteiger partial charge < -0.3 is 10.2 Å². The lowest BCUT2D eigenvalue weighted by molar-refractivity contribution is -0.139. The van der Waals surface area contributed by atoms with Crippen LogP contribution in [0.25, 0.3) is 0 Å². The number of para-hydroxylation sites is 1. The van der Waals surface area contributed by atoms with Gasteiger partial charge in [-0.15, -0.1) is 0 Å². The van der Waals surface area contributed by atoms with Gasteiger partial charge in [0.05, 0.1) is 17.0 Å². The van der Waals surface area contributed by atoms with Gasteiger partial charge in [0.15, 0.2) is 0 Å². The molecule has 174 valence electrons. The Hall–Kier alpha value is -2.29. The van der Waals surface area contributed by atoms with E-state index >= 15 is 0 Å². The zero-order valence-corrected chi connectivity index (χ0v) is 20.7. The van der Waals surface area contributed by atoms with Crippen LogP contribution in [0.1, 0.15) is 26.3 Å². The van der Waals surface area contributed by atoms with E-state index in [1.165, 1.54) is 11.0 Å². The molecule has 0 radical (unpaired) electrons. The number of nitrogens with zero attached hydrogens (tertiary/aromatic N) is 2. The van der Waals surface area contributed by atoms with Crippen LogP contribution in [0, 0.1) is 0 Å². The van der Waals surface area contributed by atoms with E-state index in [9.17, 15) is 18.0 Å². The molecule has 2 aromatic carbocycles. The maximum atomic E-state index is 13.4. The van der Waals surface area contributed by atoms with Crippen LogP contribution in [0.3, 0.4) is 0 Å². The maximum Gasteiger partial charge on any atom is 0.244 e. The molecule has 0 heterocycles. The van der Waals surface area contributed by atoms with Gasteiger partial charge in [-0.05, 0) is 50.6 Å². The van der Waals surface area contributed by atoms with E-state index in [1.807, 2.05) is 13.8 Å². The van der Waals surface area contributed by atoms with E-state index in [0.717, 1.165) is 16.1 Å². The predicted molar refractivity (Wildman–Crippen MR) is 128 cm³/mol. The van der Waals surface area contributed by atoms with Crippen molar-refractivity contribution < 1.29 is 18.0 Å². The molecule has 1 N–H and O–H groups in total. The van der Waals surface area contributed by atoms with Crippen LogP contribution in [0.5, 0.6) is 0 Å². The van der Waals surface area contributed by atoms with Gasteiger partial charge in [0.25, 0.3) is 0 Å². The third-order valence-corrected chi connectivity index (χ3v) is 6.36. The van der Waals surface area contributed by atoms with Gasteiger partial charge in [-0.3, -0.25) is 13.9 Å². The first kappa shape index (κ1) is 26.0. The van der Waals surface area contributed by atoms with Crippen molar-refractivity contribution in [2.45, 2.75) is 39.4 Å². The summed E-state index contributed by atoms with van der Waals surface area (Å²) in [6, 6.07) is 12.3. The van der Waals surface area contributed by atoms with Crippen molar-refractivity contribution >= 4 is 50.7 Å². The van der Waals surface area contributed by atoms with Crippen molar-refractivity contribution in [1.29, 1.82) is 0 Å². The number of sulfonamides is 1. The van der Waals surface area contributed by atoms with Crippen LogP contribution in [0.2, 0.25) is 10.0 Å². The molecule has 0 aliphatic heterocycles. The normalized spacial score (nSPS) is 12.3. The quantitative estimate of drug-likeness (QED) is 0.569. The van der Waals surface area contributed by atoms with Crippen molar-refractivity contribution in [2.75, 3.05) is 17.1 Å². The molecule has 2 aromatic rings. The van der Waals surface area contributed by atoms with E-state index in [1.54, 1.807) is 49.4 Å². The topological polar surface area (TPSA) is 86.8 Å². The lowest BCUT2D eigenvalue weighted by Crippen LogP contribution is -2.52. The Kier molecular flexibility index (Phi) is 8.95. The number of amides is 2. The molecule has 1 unspecified atom stereocenters. The van der Waals surface area contributed by atoms with Gasteiger partial charge in [-0.25, -0.2) is 8.42 Å². The lowest BCUT2D eigenvalue weighted by atomic mass is 10.1. The number of benzene rings is 2. The zero-order chi connectivity index (χ0) is 24.1. The van der Waals surface area contributed by atoms with Gasteiger partial charge in [-0.2, -0.15) is 0 Å². The number of anilines is 1. The van der Waals surface area contributed by atoms with Gasteiger partial charge in [-0.1, -0.05) is 47.5 Å². The summed E-state index contributed by atoms with van der Waals surface area (Å²) in [6.07, 6.45) is 1.00. The molecular formula is C22H27Cl2N3O4S. The second-order valence-electron chi connectivity index (χ2n) is 7.71. The Bertz CT molecular complexity index is 1060. The van der Waals surface area contributed by atoms with Crippen molar-refractivity contribution in [3.8, 4) is 0 Å². The highest BCUT2D eigenvalue weighted by Gasteiger charge is 2.30. The Balaban J connectivity index is 2.39. The van der Waals surface area contributed by atoms with Crippen LogP contribution >= 0.6 is 23.2 Å². The summed E-state index contributed by atoms with van der Waals surface area (Å²) in [7, 11) is -3.83. The molecule has 0 aliphatic carbocycles. The molecule has 0 bridgehead atoms. The van der Waals surface area contributed by atoms with Crippen LogP contribution in [0.4, 0.5) is 5.69 Å². The van der Waals surface area contributed by atoms with Crippen LogP contribution in [-0.2, 0) is 26.2 Å². The van der Waals surface area contributed by atoms with E-state index in [2.05, 4.69) is 5.32 Å². The number of hydrogen-bond acceptors (Lipinski definition) is 4. The Labute approximate surface area is 199 Å². The zero-order valence-electron chi connectivity index (χ0n) is 18.4. The fourth-order valence-corrected chi connectivity index (χ4v) is 4.30. The highest BCUT2D eigenvalue weighted by atomic mass is 35.5. The molecule has 0 aromatic heterocycles. The lowest BCUT2D eigenvalue weighted by Gasteiger charge is -2.32. The largest absolute Gasteiger partial charge is 0.352 e. The molecule has 2 amide bonds. The Morgan fingerprint density at radius 3 is 2.12 bits per heavy atom. The fraction of sp³-hybridized carbons (Fsp3) is 0.364. The second kappa shape index (κ2) is 11.0. The average molecular weight is 500 g/mol. The number of rotatable bonds is 9. The molecule has 2 rings (SSSR count). The number of nitrogens with one attached hydrogen (secondary N) is 1. The summed E-state index contributed by atoms with van der Waals surface area (Å²) >= 11 is 12.1. The van der Waals surface area contributed by atoms with Gasteiger partial charge in [0.1, 0.15) is 12.6 Å². The van der Waals surface area contributed by atoms with E-state index < -0.39 is 28.5 Å². The molecule has 0 spiro atoms. The first-order valence-corrected chi connectivity index (χ1v) is 12.6. The van der Waals surface area contributed by atoms with Crippen LogP contribution < -0.4 is 9.62 Å². The Morgan fingerprint density at radius 2 is 1.59 bits per heavy atom. The Morgan fingerprint density at radius 1 is 1.00 bits per heavy atom. The molecule has 0 saturated carbocycles. The van der Waals surface area contributed by atoms with E-state index in [4.69, 9.17) is 23.2 Å². The number of halogens is 2. The smallest absolute Gasteiger partial charge is 0.244 e. The summed E-state index contributed by atoms with van der Waals surface area (Å²) in [6.45, 7) is 4.83. The minimum atomic E-state index is -3.83. The summed E-state index contributed by atoms with van der Waals surface area (Å²) in [4.78, 5) is 27.4. The maximum absolute atomic E-state index is 13.4. The van der Waals surface area contributed by atoms with Gasteiger partial charge >= 0.3 is 0 Å². The van der Waals surface area contributed by atoms with E-state index in [0.29, 0.717) is 5.02 Å². The van der Waals surface area contributed by atoms with Crippen molar-refractivity contribution in [1.82, 2.24) is 10.2 Å². The second-order valence-corrected chi connectivity index (χ2v) is 10.5. The van der Waals surface area contributed by atoms with Crippen LogP contribution in [0.15, 0.2) is 48.5 Å². The first-order chi connectivity index (χ1) is 14.9. The summed E-state index contributed by atoms with van der Waals surface area (Å²) in [5, 5.41) is 3.53. The first-order valence-electron chi connectivity index (χ1n) is 9.96. The SMILES string of the molecule is CC(C)NC(=O)C(C)N(Cc1ccc(Cl)cc1)C(=O)CN(c1ccccc1Cl)S(C)(=O)=O. The molecule has 0 fully saturated rings. The molecule has 0 aliphatic rings. The van der Waals surface area contributed by atoms with Crippen molar-refractivity contribution in [3.63, 3.8) is 0 Å². The monoisotopic (exact) mass is 499 g/mol. The fourth-order valence-electron chi connectivity index (χ4n) is 3.02. The van der Waals surface area contributed by atoms with Crippen LogP contribution in [-0.4, -0.2) is 50.0 Å². The third kappa shape index (κ3) is 7.12. The third-order valence-electron chi connectivity index (χ3n) is 4.66. The highest BCUT2D eigenvalue weighted by molar-refractivity contribution is 7.92. The van der Waals surface area contributed by atoms with Gasteiger partial charge in [0, 0.05) is 17.6 Å². The summed E-state index contributed by atoms with van der Waals surface area (Å²) < 4.78 is 25.9. The minimum absolute atomic E-state index is 0.100. The predicted octanol–water partition coefficient (Wildman–Crippen LogP) is 3.70. The molecule has 1 atom stereocenters.